The summed E-state index contributed by atoms with van der Waals surface area (Å²) in [5.41, 5.74) is 0. The predicted molar refractivity (Wildman–Crippen MR) is 45.5 cm³/mol. The molecular weight excluding hydrogens is 224 g/mol. The first-order valence-electron chi connectivity index (χ1n) is 1.84. The van der Waals surface area contributed by atoms with Crippen LogP contribution in [-0.4, -0.2) is 26.4 Å². The Morgan fingerprint density at radius 2 is 1.25 bits per heavy atom. The van der Waals surface area contributed by atoms with Crippen molar-refractivity contribution in [3.05, 3.63) is 0 Å². The third kappa shape index (κ3) is 3.55. The summed E-state index contributed by atoms with van der Waals surface area (Å²) in [7, 11) is -1.75. The van der Waals surface area contributed by atoms with Gasteiger partial charge >= 0.3 is 15.2 Å². The zero-order valence-corrected chi connectivity index (χ0v) is 9.45. The van der Waals surface area contributed by atoms with Gasteiger partial charge in [-0.3, -0.25) is 0 Å². The fourth-order valence-electron chi connectivity index (χ4n) is 0.0852. The Bertz CT molecular complexity index is 59.1. The van der Waals surface area contributed by atoms with Crippen LogP contribution in [0.5, 0.6) is 0 Å². The van der Waals surface area contributed by atoms with Crippen molar-refractivity contribution in [2.75, 3.05) is 7.05 Å². The molecular formula is CH5Cl4NSi2. The maximum Gasteiger partial charge on any atom is 0.304 e. The molecule has 0 aromatic heterocycles. The van der Waals surface area contributed by atoms with Gasteiger partial charge < -0.3 is 4.23 Å². The van der Waals surface area contributed by atoms with Gasteiger partial charge in [0, 0.05) is 0 Å². The van der Waals surface area contributed by atoms with Gasteiger partial charge in [0.25, 0.3) is 0 Å². The zero-order valence-electron chi connectivity index (χ0n) is 4.11. The monoisotopic (exact) mass is 227 g/mol. The molecule has 0 saturated heterocycles. The van der Waals surface area contributed by atoms with E-state index in [2.05, 4.69) is 0 Å². The van der Waals surface area contributed by atoms with E-state index < -0.39 is 15.2 Å². The molecule has 0 spiro atoms. The van der Waals surface area contributed by atoms with Crippen LogP contribution < -0.4 is 0 Å². The Hall–Kier alpha value is 1.55. The lowest BCUT2D eigenvalue weighted by Crippen LogP contribution is -2.33. The summed E-state index contributed by atoms with van der Waals surface area (Å²) in [6.07, 6.45) is 0. The Morgan fingerprint density at radius 3 is 1.25 bits per heavy atom. The van der Waals surface area contributed by atoms with Crippen LogP contribution in [-0.2, 0) is 0 Å². The van der Waals surface area contributed by atoms with Crippen molar-refractivity contribution >= 4 is 59.5 Å². The number of nitrogens with zero attached hydrogens (tertiary/aromatic N) is 1. The topological polar surface area (TPSA) is 3.24 Å². The van der Waals surface area contributed by atoms with Gasteiger partial charge in [-0.05, 0) is 7.05 Å². The Balaban J connectivity index is 3.46. The predicted octanol–water partition coefficient (Wildman–Crippen LogP) is 1.31. The second-order valence-corrected chi connectivity index (χ2v) is 10.9. The van der Waals surface area contributed by atoms with E-state index in [1.165, 1.54) is 0 Å². The molecule has 0 rings (SSSR count). The summed E-state index contributed by atoms with van der Waals surface area (Å²) in [6, 6.07) is 0. The fraction of sp³-hybridized carbons (Fsp3) is 1.00. The van der Waals surface area contributed by atoms with Crippen LogP contribution in [0.4, 0.5) is 0 Å². The molecule has 0 saturated carbocycles. The molecule has 0 amide bonds. The minimum atomic E-state index is -1.75. The highest BCUT2D eigenvalue weighted by Crippen LogP contribution is 2.08. The van der Waals surface area contributed by atoms with Crippen molar-refractivity contribution in [1.29, 1.82) is 0 Å². The molecule has 1 nitrogen and oxygen atoms in total. The zero-order chi connectivity index (χ0) is 6.73. The van der Waals surface area contributed by atoms with E-state index in [-0.39, 0.29) is 0 Å². The lowest BCUT2D eigenvalue weighted by molar-refractivity contribution is 0.865. The number of hydrogen-bond acceptors (Lipinski definition) is 1. The minimum Gasteiger partial charge on any atom is -0.305 e. The van der Waals surface area contributed by atoms with E-state index in [9.17, 15) is 0 Å². The molecule has 0 atom stereocenters. The first kappa shape index (κ1) is 9.55. The molecule has 0 heterocycles. The summed E-state index contributed by atoms with van der Waals surface area (Å²) < 4.78 is 1.67. The molecule has 8 heavy (non-hydrogen) atoms. The minimum absolute atomic E-state index is 1.67. The Morgan fingerprint density at radius 1 is 1.00 bits per heavy atom. The summed E-state index contributed by atoms with van der Waals surface area (Å²) >= 11 is 22.1. The van der Waals surface area contributed by atoms with Gasteiger partial charge in [-0.1, -0.05) is 0 Å². The van der Waals surface area contributed by atoms with Gasteiger partial charge in [0.05, 0.1) is 0 Å². The normalized spacial score (nSPS) is 12.0. The SMILES string of the molecule is CN([SiH](Cl)Cl)[SiH](Cl)Cl. The van der Waals surface area contributed by atoms with Crippen LogP contribution in [0, 0.1) is 0 Å². The third-order valence-corrected chi connectivity index (χ3v) is 9.60. The molecule has 0 aromatic rings. The summed E-state index contributed by atoms with van der Waals surface area (Å²) in [5, 5.41) is 0. The van der Waals surface area contributed by atoms with Gasteiger partial charge in [-0.15, -0.1) is 44.3 Å². The van der Waals surface area contributed by atoms with Crippen LogP contribution in [0.25, 0.3) is 0 Å². The lowest BCUT2D eigenvalue weighted by atomic mass is 11.6. The van der Waals surface area contributed by atoms with Crippen molar-refractivity contribution in [2.45, 2.75) is 0 Å². The molecule has 0 aliphatic heterocycles. The average molecular weight is 229 g/mol. The molecule has 0 bridgehead atoms. The lowest BCUT2D eigenvalue weighted by Gasteiger charge is -2.15. The van der Waals surface area contributed by atoms with Crippen molar-refractivity contribution in [3.8, 4) is 0 Å². The van der Waals surface area contributed by atoms with Crippen molar-refractivity contribution in [3.63, 3.8) is 0 Å². The molecule has 0 N–H and O–H groups in total. The smallest absolute Gasteiger partial charge is 0.304 e. The fourth-order valence-corrected chi connectivity index (χ4v) is 6.90. The highest BCUT2D eigenvalue weighted by Gasteiger charge is 2.17. The maximum atomic E-state index is 5.52. The summed E-state index contributed by atoms with van der Waals surface area (Å²) in [4.78, 5) is 0. The summed E-state index contributed by atoms with van der Waals surface area (Å²) in [6.45, 7) is 0. The molecule has 0 aliphatic rings. The second-order valence-electron chi connectivity index (χ2n) is 1.22. The van der Waals surface area contributed by atoms with Crippen LogP contribution in [0.15, 0.2) is 0 Å². The van der Waals surface area contributed by atoms with E-state index in [1.54, 1.807) is 11.3 Å². The van der Waals surface area contributed by atoms with E-state index in [1.807, 2.05) is 0 Å². The largest absolute Gasteiger partial charge is 0.305 e. The number of hydrogen-bond donors (Lipinski definition) is 0. The van der Waals surface area contributed by atoms with Crippen LogP contribution in [0.2, 0.25) is 0 Å². The van der Waals surface area contributed by atoms with Gasteiger partial charge in [-0.25, -0.2) is 0 Å². The third-order valence-electron chi connectivity index (χ3n) is 0.616. The Kier molecular flexibility index (Phi) is 5.23. The molecule has 7 heteroatoms. The van der Waals surface area contributed by atoms with E-state index in [0.717, 1.165) is 0 Å². The summed E-state index contributed by atoms with van der Waals surface area (Å²) in [5.74, 6) is 0. The molecule has 0 aromatic carbocycles. The Labute approximate surface area is 70.6 Å². The van der Waals surface area contributed by atoms with Gasteiger partial charge in [0.15, 0.2) is 0 Å². The van der Waals surface area contributed by atoms with E-state index >= 15 is 0 Å². The second kappa shape index (κ2) is 4.38. The number of halogens is 4. The molecule has 0 fully saturated rings. The van der Waals surface area contributed by atoms with Crippen LogP contribution in [0.3, 0.4) is 0 Å². The first-order valence-corrected chi connectivity index (χ1v) is 9.85. The quantitative estimate of drug-likeness (QED) is 0.509. The highest BCUT2D eigenvalue weighted by molar-refractivity contribution is 7.41. The first-order chi connectivity index (χ1) is 3.55. The van der Waals surface area contributed by atoms with Crippen molar-refractivity contribution in [2.24, 2.45) is 0 Å². The molecule has 50 valence electrons. The standard InChI is InChI=1S/CH5Cl4NSi2/c1-6(7(2)3)8(4)5/h7-8H,1H3. The highest BCUT2D eigenvalue weighted by atomic mass is 35.7. The van der Waals surface area contributed by atoms with Crippen molar-refractivity contribution < 1.29 is 0 Å². The molecule has 0 aliphatic carbocycles. The van der Waals surface area contributed by atoms with Crippen LogP contribution in [0.1, 0.15) is 0 Å². The van der Waals surface area contributed by atoms with E-state index in [0.29, 0.717) is 0 Å². The van der Waals surface area contributed by atoms with Gasteiger partial charge in [0.1, 0.15) is 0 Å². The number of rotatable bonds is 2. The average Bonchev–Trinajstić information content (AvgIpc) is 1.64. The van der Waals surface area contributed by atoms with E-state index in [4.69, 9.17) is 44.3 Å². The molecule has 0 radical (unpaired) electrons. The van der Waals surface area contributed by atoms with Gasteiger partial charge in [-0.2, -0.15) is 0 Å². The van der Waals surface area contributed by atoms with Gasteiger partial charge in [0.2, 0.25) is 0 Å². The van der Waals surface area contributed by atoms with Crippen LogP contribution >= 0.6 is 44.3 Å². The maximum absolute atomic E-state index is 5.52. The van der Waals surface area contributed by atoms with Crippen molar-refractivity contribution in [1.82, 2.24) is 4.23 Å². The molecule has 0 unspecified atom stereocenters.